The van der Waals surface area contributed by atoms with Crippen LogP contribution >= 0.6 is 11.3 Å². The maximum Gasteiger partial charge on any atom is 0.347 e. The van der Waals surface area contributed by atoms with Gasteiger partial charge in [-0.15, -0.1) is 11.3 Å². The van der Waals surface area contributed by atoms with Gasteiger partial charge in [0.2, 0.25) is 10.0 Å². The van der Waals surface area contributed by atoms with E-state index in [1.807, 2.05) is 0 Å². The van der Waals surface area contributed by atoms with Crippen molar-refractivity contribution < 1.29 is 27.9 Å². The lowest BCUT2D eigenvalue weighted by Crippen LogP contribution is -2.31. The number of carboxylic acids is 1. The van der Waals surface area contributed by atoms with Crippen LogP contribution in [0.2, 0.25) is 0 Å². The second-order valence-corrected chi connectivity index (χ2v) is 7.51. The fraction of sp³-hybridized carbons (Fsp3) is 0.500. The second-order valence-electron chi connectivity index (χ2n) is 4.75. The van der Waals surface area contributed by atoms with Crippen molar-refractivity contribution in [2.24, 2.45) is 5.92 Å². The van der Waals surface area contributed by atoms with Gasteiger partial charge in [-0.25, -0.2) is 13.2 Å². The molecule has 2 rings (SSSR count). The van der Waals surface area contributed by atoms with Gasteiger partial charge in [0.25, 0.3) is 0 Å². The molecular weight excluding hydrogens is 318 g/mol. The molecule has 1 unspecified atom stereocenters. The van der Waals surface area contributed by atoms with Gasteiger partial charge in [0.1, 0.15) is 9.77 Å². The number of aryl methyl sites for hydroxylation is 1. The molecule has 0 saturated carbocycles. The molecule has 0 aromatic carbocycles. The number of aromatic carboxylic acids is 1. The number of carboxylic acid groups (broad SMARTS) is 1. The molecule has 0 bridgehead atoms. The van der Waals surface area contributed by atoms with Crippen molar-refractivity contribution in [1.82, 2.24) is 4.31 Å². The lowest BCUT2D eigenvalue weighted by atomic mass is 10.1. The largest absolute Gasteiger partial charge is 0.477 e. The molecule has 0 aliphatic carbocycles. The third kappa shape index (κ3) is 2.81. The van der Waals surface area contributed by atoms with Gasteiger partial charge >= 0.3 is 11.9 Å². The van der Waals surface area contributed by atoms with Crippen LogP contribution in [0.1, 0.15) is 21.7 Å². The van der Waals surface area contributed by atoms with Gasteiger partial charge in [-0.3, -0.25) is 4.79 Å². The first-order valence-electron chi connectivity index (χ1n) is 6.18. The van der Waals surface area contributed by atoms with Crippen LogP contribution in [-0.4, -0.2) is 50.0 Å². The zero-order valence-electron chi connectivity index (χ0n) is 11.5. The van der Waals surface area contributed by atoms with Crippen molar-refractivity contribution in [2.45, 2.75) is 18.2 Å². The normalized spacial score (nSPS) is 19.6. The molecule has 0 radical (unpaired) electrons. The minimum absolute atomic E-state index is 0.0172. The quantitative estimate of drug-likeness (QED) is 0.823. The van der Waals surface area contributed by atoms with Crippen molar-refractivity contribution >= 4 is 33.3 Å². The third-order valence-electron chi connectivity index (χ3n) is 3.40. The number of esters is 1. The summed E-state index contributed by atoms with van der Waals surface area (Å²) in [5.41, 5.74) is 0.402. The number of thiophene rings is 1. The van der Waals surface area contributed by atoms with E-state index in [0.717, 1.165) is 15.6 Å². The average Bonchev–Trinajstić information content (AvgIpc) is 3.04. The van der Waals surface area contributed by atoms with Crippen LogP contribution in [0.15, 0.2) is 10.3 Å². The smallest absolute Gasteiger partial charge is 0.347 e. The SMILES string of the molecule is COC(=O)C1CCN(S(=O)(=O)c2c(C)csc2C(=O)O)C1. The van der Waals surface area contributed by atoms with E-state index in [2.05, 4.69) is 4.74 Å². The molecule has 1 saturated heterocycles. The Bertz CT molecular complexity index is 678. The van der Waals surface area contributed by atoms with Crippen molar-refractivity contribution in [2.75, 3.05) is 20.2 Å². The molecule has 21 heavy (non-hydrogen) atoms. The van der Waals surface area contributed by atoms with E-state index >= 15 is 0 Å². The van der Waals surface area contributed by atoms with E-state index in [1.165, 1.54) is 12.5 Å². The van der Waals surface area contributed by atoms with E-state index in [0.29, 0.717) is 12.0 Å². The molecule has 7 nitrogen and oxygen atoms in total. The number of carbonyl (C=O) groups is 2. The van der Waals surface area contributed by atoms with Gasteiger partial charge in [0.05, 0.1) is 13.0 Å². The van der Waals surface area contributed by atoms with Crippen molar-refractivity contribution in [3.05, 3.63) is 15.8 Å². The Kier molecular flexibility index (Phi) is 4.35. The summed E-state index contributed by atoms with van der Waals surface area (Å²) < 4.78 is 31.0. The molecular formula is C12H15NO6S2. The van der Waals surface area contributed by atoms with Crippen molar-refractivity contribution in [3.8, 4) is 0 Å². The molecule has 1 fully saturated rings. The summed E-state index contributed by atoms with van der Waals surface area (Å²) in [5.74, 6) is -2.22. The minimum Gasteiger partial charge on any atom is -0.477 e. The molecule has 9 heteroatoms. The molecule has 0 amide bonds. The number of hydrogen-bond acceptors (Lipinski definition) is 6. The number of methoxy groups -OCH3 is 1. The summed E-state index contributed by atoms with van der Waals surface area (Å²) in [6.45, 7) is 1.75. The van der Waals surface area contributed by atoms with Gasteiger partial charge in [0.15, 0.2) is 0 Å². The Morgan fingerprint density at radius 3 is 2.71 bits per heavy atom. The highest BCUT2D eigenvalue weighted by Crippen LogP contribution is 2.32. The number of sulfonamides is 1. The van der Waals surface area contributed by atoms with Gasteiger partial charge in [-0.2, -0.15) is 4.31 Å². The summed E-state index contributed by atoms with van der Waals surface area (Å²) in [6, 6.07) is 0. The fourth-order valence-corrected chi connectivity index (χ4v) is 5.42. The number of carbonyl (C=O) groups excluding carboxylic acids is 1. The first-order chi connectivity index (χ1) is 9.78. The lowest BCUT2D eigenvalue weighted by Gasteiger charge is -2.16. The van der Waals surface area contributed by atoms with E-state index in [1.54, 1.807) is 6.92 Å². The van der Waals surface area contributed by atoms with Crippen LogP contribution in [-0.2, 0) is 19.6 Å². The Labute approximate surface area is 126 Å². The summed E-state index contributed by atoms with van der Waals surface area (Å²) in [4.78, 5) is 22.3. The Balaban J connectivity index is 2.34. The van der Waals surface area contributed by atoms with Crippen LogP contribution < -0.4 is 0 Å². The molecule has 1 aliphatic heterocycles. The molecule has 116 valence electrons. The number of ether oxygens (including phenoxy) is 1. The predicted octanol–water partition coefficient (Wildman–Crippen LogP) is 0.938. The molecule has 2 heterocycles. The van der Waals surface area contributed by atoms with Gasteiger partial charge in [0, 0.05) is 13.1 Å². The van der Waals surface area contributed by atoms with Crippen LogP contribution in [0.5, 0.6) is 0 Å². The maximum absolute atomic E-state index is 12.6. The second kappa shape index (κ2) is 5.74. The van der Waals surface area contributed by atoms with E-state index in [-0.39, 0.29) is 22.9 Å². The molecule has 0 spiro atoms. The standard InChI is InChI=1S/C12H15NO6S2/c1-7-6-20-9(11(14)15)10(7)21(17,18)13-4-3-8(5-13)12(16)19-2/h6,8H,3-5H2,1-2H3,(H,14,15). The fourth-order valence-electron chi connectivity index (χ4n) is 2.34. The summed E-state index contributed by atoms with van der Waals surface area (Å²) in [7, 11) is -2.67. The summed E-state index contributed by atoms with van der Waals surface area (Å²) in [5, 5.41) is 10.6. The van der Waals surface area contributed by atoms with Crippen LogP contribution in [0, 0.1) is 12.8 Å². The van der Waals surface area contributed by atoms with Crippen LogP contribution in [0.3, 0.4) is 0 Å². The molecule has 1 atom stereocenters. The zero-order chi connectivity index (χ0) is 15.8. The van der Waals surface area contributed by atoms with Crippen molar-refractivity contribution in [3.63, 3.8) is 0 Å². The van der Waals surface area contributed by atoms with Crippen LogP contribution in [0.4, 0.5) is 0 Å². The topological polar surface area (TPSA) is 101 Å². The Morgan fingerprint density at radius 1 is 1.48 bits per heavy atom. The number of hydrogen-bond donors (Lipinski definition) is 1. The minimum atomic E-state index is -3.92. The van der Waals surface area contributed by atoms with Gasteiger partial charge in [-0.1, -0.05) is 0 Å². The van der Waals surface area contributed by atoms with Crippen molar-refractivity contribution in [1.29, 1.82) is 0 Å². The number of nitrogens with zero attached hydrogens (tertiary/aromatic N) is 1. The third-order valence-corrected chi connectivity index (χ3v) is 6.66. The van der Waals surface area contributed by atoms with Gasteiger partial charge in [-0.05, 0) is 24.3 Å². The zero-order valence-corrected chi connectivity index (χ0v) is 13.2. The summed E-state index contributed by atoms with van der Waals surface area (Å²) in [6.07, 6.45) is 0.373. The molecule has 1 aromatic heterocycles. The molecule has 1 N–H and O–H groups in total. The maximum atomic E-state index is 12.6. The summed E-state index contributed by atoms with van der Waals surface area (Å²) >= 11 is 0.885. The highest BCUT2D eigenvalue weighted by molar-refractivity contribution is 7.89. The molecule has 1 aromatic rings. The van der Waals surface area contributed by atoms with Crippen LogP contribution in [0.25, 0.3) is 0 Å². The Hall–Kier alpha value is -1.45. The Morgan fingerprint density at radius 2 is 2.14 bits per heavy atom. The monoisotopic (exact) mass is 333 g/mol. The highest BCUT2D eigenvalue weighted by Gasteiger charge is 2.39. The van der Waals surface area contributed by atoms with E-state index in [9.17, 15) is 18.0 Å². The average molecular weight is 333 g/mol. The lowest BCUT2D eigenvalue weighted by molar-refractivity contribution is -0.144. The number of rotatable bonds is 4. The van der Waals surface area contributed by atoms with Gasteiger partial charge < -0.3 is 9.84 Å². The highest BCUT2D eigenvalue weighted by atomic mass is 32.2. The molecule has 1 aliphatic rings. The predicted molar refractivity (Wildman–Crippen MR) is 74.9 cm³/mol. The first-order valence-corrected chi connectivity index (χ1v) is 8.50. The van der Waals surface area contributed by atoms with E-state index in [4.69, 9.17) is 5.11 Å². The first kappa shape index (κ1) is 15.9. The van der Waals surface area contributed by atoms with E-state index < -0.39 is 27.9 Å².